The highest BCUT2D eigenvalue weighted by Crippen LogP contribution is 2.24. The van der Waals surface area contributed by atoms with Gasteiger partial charge in [-0.3, -0.25) is 0 Å². The van der Waals surface area contributed by atoms with Crippen LogP contribution in [0.25, 0.3) is 11.1 Å². The van der Waals surface area contributed by atoms with Gasteiger partial charge in [-0.1, -0.05) is 70.7 Å². The molecule has 0 amide bonds. The molecule has 0 saturated carbocycles. The molecule has 0 aliphatic rings. The van der Waals surface area contributed by atoms with Crippen LogP contribution in [0.5, 0.6) is 17.2 Å². The van der Waals surface area contributed by atoms with E-state index in [0.29, 0.717) is 17.1 Å². The van der Waals surface area contributed by atoms with E-state index in [1.165, 1.54) is 38.5 Å². The zero-order chi connectivity index (χ0) is 27.0. The molecule has 0 bridgehead atoms. The summed E-state index contributed by atoms with van der Waals surface area (Å²) in [5.41, 5.74) is 2.61. The monoisotopic (exact) mass is 514 g/mol. The lowest BCUT2D eigenvalue weighted by molar-refractivity contribution is 0.0734. The van der Waals surface area contributed by atoms with Gasteiger partial charge in [-0.2, -0.15) is 0 Å². The van der Waals surface area contributed by atoms with E-state index in [4.69, 9.17) is 14.2 Å². The molecule has 0 radical (unpaired) electrons. The molecule has 3 aromatic rings. The van der Waals surface area contributed by atoms with E-state index < -0.39 is 5.97 Å². The highest BCUT2D eigenvalue weighted by Gasteiger charge is 2.09. The van der Waals surface area contributed by atoms with E-state index in [1.54, 1.807) is 42.7 Å². The van der Waals surface area contributed by atoms with Gasteiger partial charge < -0.3 is 14.2 Å². The fraction of sp³-hybridized carbons (Fsp3) is 0.382. The van der Waals surface area contributed by atoms with Gasteiger partial charge >= 0.3 is 5.97 Å². The van der Waals surface area contributed by atoms with Crippen LogP contribution < -0.4 is 14.2 Å². The maximum absolute atomic E-state index is 12.6. The first-order valence-electron chi connectivity index (χ1n) is 14.1. The van der Waals surface area contributed by atoms with E-state index in [0.717, 1.165) is 42.2 Å². The first kappa shape index (κ1) is 29.0. The number of carbonyl (C=O) groups is 1. The fourth-order valence-electron chi connectivity index (χ4n) is 4.00. The third-order valence-corrected chi connectivity index (χ3v) is 6.67. The second kappa shape index (κ2) is 16.3. The van der Waals surface area contributed by atoms with Gasteiger partial charge in [0.05, 0.1) is 18.4 Å². The van der Waals surface area contributed by atoms with E-state index in [2.05, 4.69) is 20.8 Å². The minimum Gasteiger partial charge on any atom is -0.494 e. The molecule has 1 unspecified atom stereocenters. The van der Waals surface area contributed by atoms with Crippen LogP contribution in [0.1, 0.15) is 82.5 Å². The number of unbranched alkanes of at least 4 members (excludes halogenated alkanes) is 4. The Kier molecular flexibility index (Phi) is 12.5. The molecule has 0 N–H and O–H groups in total. The highest BCUT2D eigenvalue weighted by molar-refractivity contribution is 5.91. The van der Waals surface area contributed by atoms with Crippen LogP contribution in [0.15, 0.2) is 85.1 Å². The van der Waals surface area contributed by atoms with Gasteiger partial charge in [0.1, 0.15) is 17.2 Å². The minimum atomic E-state index is -0.390. The summed E-state index contributed by atoms with van der Waals surface area (Å²) in [6, 6.07) is 22.6. The standard InChI is InChI=1S/C34H42O4/c1-4-6-7-8-9-10-25-36-32-21-23-33(24-22-32)38-34(35)30-15-13-28(14-16-30)29-17-19-31(20-18-29)37-26-11-12-27(3)5-2/h10,13-25,27H,4-9,11-12,26H2,1-3H3. The van der Waals surface area contributed by atoms with Crippen molar-refractivity contribution in [3.63, 3.8) is 0 Å². The van der Waals surface area contributed by atoms with Crippen LogP contribution in [0, 0.1) is 5.92 Å². The minimum absolute atomic E-state index is 0.390. The third kappa shape index (κ3) is 10.1. The second-order valence-corrected chi connectivity index (χ2v) is 9.81. The van der Waals surface area contributed by atoms with Crippen molar-refractivity contribution in [3.8, 4) is 28.4 Å². The van der Waals surface area contributed by atoms with Crippen molar-refractivity contribution >= 4 is 5.97 Å². The van der Waals surface area contributed by atoms with Crippen LogP contribution >= 0.6 is 0 Å². The number of benzene rings is 3. The summed E-state index contributed by atoms with van der Waals surface area (Å²) in [7, 11) is 0. The van der Waals surface area contributed by atoms with Gasteiger partial charge in [-0.15, -0.1) is 0 Å². The Morgan fingerprint density at radius 2 is 1.39 bits per heavy atom. The predicted molar refractivity (Wildman–Crippen MR) is 156 cm³/mol. The normalized spacial score (nSPS) is 11.9. The van der Waals surface area contributed by atoms with Crippen molar-refractivity contribution in [1.82, 2.24) is 0 Å². The molecule has 0 aliphatic carbocycles. The van der Waals surface area contributed by atoms with Gasteiger partial charge in [0.2, 0.25) is 0 Å². The molecule has 0 aromatic heterocycles. The first-order chi connectivity index (χ1) is 18.6. The molecule has 202 valence electrons. The molecule has 0 fully saturated rings. The van der Waals surface area contributed by atoms with Crippen LogP contribution in [0.2, 0.25) is 0 Å². The summed E-state index contributed by atoms with van der Waals surface area (Å²) in [6.07, 6.45) is 13.2. The van der Waals surface area contributed by atoms with E-state index in [-0.39, 0.29) is 0 Å². The van der Waals surface area contributed by atoms with Crippen molar-refractivity contribution in [2.24, 2.45) is 5.92 Å². The van der Waals surface area contributed by atoms with Crippen LogP contribution in [-0.2, 0) is 0 Å². The van der Waals surface area contributed by atoms with Crippen molar-refractivity contribution < 1.29 is 19.0 Å². The summed E-state index contributed by atoms with van der Waals surface area (Å²) in [4.78, 5) is 12.6. The Hall–Kier alpha value is -3.53. The number of ether oxygens (including phenoxy) is 3. The molecule has 0 spiro atoms. The van der Waals surface area contributed by atoms with E-state index >= 15 is 0 Å². The Labute approximate surface area is 228 Å². The predicted octanol–water partition coefficient (Wildman–Crippen LogP) is 9.64. The molecule has 1 atom stereocenters. The zero-order valence-corrected chi connectivity index (χ0v) is 23.2. The summed E-state index contributed by atoms with van der Waals surface area (Å²) < 4.78 is 17.0. The summed E-state index contributed by atoms with van der Waals surface area (Å²) in [5.74, 6) is 2.43. The Morgan fingerprint density at radius 1 is 0.763 bits per heavy atom. The maximum Gasteiger partial charge on any atom is 0.343 e. The molecule has 0 saturated heterocycles. The smallest absolute Gasteiger partial charge is 0.343 e. The number of allylic oxidation sites excluding steroid dienone is 1. The van der Waals surface area contributed by atoms with Gasteiger partial charge in [0, 0.05) is 0 Å². The molecular weight excluding hydrogens is 472 g/mol. The van der Waals surface area contributed by atoms with Crippen molar-refractivity contribution in [1.29, 1.82) is 0 Å². The quantitative estimate of drug-likeness (QED) is 0.0826. The van der Waals surface area contributed by atoms with Gasteiger partial charge in [-0.05, 0) is 97.3 Å². The van der Waals surface area contributed by atoms with Crippen LogP contribution in [-0.4, -0.2) is 12.6 Å². The lowest BCUT2D eigenvalue weighted by Crippen LogP contribution is -2.08. The summed E-state index contributed by atoms with van der Waals surface area (Å²) in [6.45, 7) is 7.46. The molecular formula is C34H42O4. The summed E-state index contributed by atoms with van der Waals surface area (Å²) >= 11 is 0. The molecule has 38 heavy (non-hydrogen) atoms. The van der Waals surface area contributed by atoms with Gasteiger partial charge in [0.25, 0.3) is 0 Å². The SMILES string of the molecule is CCCCCCC=COc1ccc(OC(=O)c2ccc(-c3ccc(OCCCC(C)CC)cc3)cc2)cc1. The van der Waals surface area contributed by atoms with E-state index in [9.17, 15) is 4.79 Å². The van der Waals surface area contributed by atoms with E-state index in [1.807, 2.05) is 42.5 Å². The molecule has 3 rings (SSSR count). The largest absolute Gasteiger partial charge is 0.494 e. The highest BCUT2D eigenvalue weighted by atomic mass is 16.5. The van der Waals surface area contributed by atoms with Crippen LogP contribution in [0.3, 0.4) is 0 Å². The molecule has 3 aromatic carbocycles. The topological polar surface area (TPSA) is 44.8 Å². The number of carbonyl (C=O) groups excluding carboxylic acids is 1. The Balaban J connectivity index is 1.45. The molecule has 0 heterocycles. The number of esters is 1. The fourth-order valence-corrected chi connectivity index (χ4v) is 4.00. The number of rotatable bonds is 16. The van der Waals surface area contributed by atoms with Crippen molar-refractivity contribution in [2.75, 3.05) is 6.61 Å². The van der Waals surface area contributed by atoms with Gasteiger partial charge in [0.15, 0.2) is 0 Å². The number of hydrogen-bond acceptors (Lipinski definition) is 4. The number of hydrogen-bond donors (Lipinski definition) is 0. The first-order valence-corrected chi connectivity index (χ1v) is 14.1. The van der Waals surface area contributed by atoms with Crippen molar-refractivity contribution in [2.45, 2.75) is 72.1 Å². The van der Waals surface area contributed by atoms with Crippen molar-refractivity contribution in [3.05, 3.63) is 90.7 Å². The van der Waals surface area contributed by atoms with Gasteiger partial charge in [-0.25, -0.2) is 4.79 Å². The van der Waals surface area contributed by atoms with Crippen LogP contribution in [0.4, 0.5) is 0 Å². The lowest BCUT2D eigenvalue weighted by Gasteiger charge is -2.10. The average Bonchev–Trinajstić information content (AvgIpc) is 2.96. The maximum atomic E-state index is 12.6. The third-order valence-electron chi connectivity index (χ3n) is 6.67. The lowest BCUT2D eigenvalue weighted by atomic mass is 10.0. The summed E-state index contributed by atoms with van der Waals surface area (Å²) in [5, 5.41) is 0. The molecule has 4 nitrogen and oxygen atoms in total. The molecule has 0 aliphatic heterocycles. The molecule has 4 heteroatoms. The Bertz CT molecular complexity index is 1100. The average molecular weight is 515 g/mol. The Morgan fingerprint density at radius 3 is 2.05 bits per heavy atom. The zero-order valence-electron chi connectivity index (χ0n) is 23.2. The second-order valence-electron chi connectivity index (χ2n) is 9.81.